The monoisotopic (exact) mass is 834 g/mol. The normalized spacial score (nSPS) is 14.4. The van der Waals surface area contributed by atoms with Crippen LogP contribution < -0.4 is 0 Å². The first-order chi connectivity index (χ1) is 23.2. The number of fused-ring (bicyclic) bond motifs is 3. The molecule has 1 unspecified atom stereocenters. The van der Waals surface area contributed by atoms with E-state index in [4.69, 9.17) is 0 Å². The van der Waals surface area contributed by atoms with Crippen molar-refractivity contribution in [1.82, 2.24) is 0 Å². The Bertz CT molecular complexity index is 1830. The van der Waals surface area contributed by atoms with Gasteiger partial charge in [0.2, 0.25) is 0 Å². The van der Waals surface area contributed by atoms with Gasteiger partial charge in [0, 0.05) is 0 Å². The number of aryl methyl sites for hydroxylation is 4. The summed E-state index contributed by atoms with van der Waals surface area (Å²) >= 11 is 0.729. The predicted molar refractivity (Wildman–Crippen MR) is 202 cm³/mol. The van der Waals surface area contributed by atoms with E-state index >= 15 is 0 Å². The molecule has 2 aliphatic rings. The van der Waals surface area contributed by atoms with E-state index in [2.05, 4.69) is 97.9 Å². The number of alkyl halides is 6. The Morgan fingerprint density at radius 1 is 0.731 bits per heavy atom. The van der Waals surface area contributed by atoms with Crippen molar-refractivity contribution in [3.05, 3.63) is 152 Å². The van der Waals surface area contributed by atoms with Crippen LogP contribution >= 0.6 is 24.8 Å². The summed E-state index contributed by atoms with van der Waals surface area (Å²) in [5.74, 6) is 0.573. The molecule has 0 spiro atoms. The van der Waals surface area contributed by atoms with Gasteiger partial charge in [0.05, 0.1) is 0 Å². The van der Waals surface area contributed by atoms with Gasteiger partial charge in [-0.15, -0.1) is 35.9 Å². The summed E-state index contributed by atoms with van der Waals surface area (Å²) in [4.78, 5) is 0. The van der Waals surface area contributed by atoms with Gasteiger partial charge in [0.25, 0.3) is 0 Å². The van der Waals surface area contributed by atoms with Crippen molar-refractivity contribution < 1.29 is 50.6 Å². The van der Waals surface area contributed by atoms with E-state index in [1.165, 1.54) is 80.8 Å². The fraction of sp³-hybridized carbons (Fsp3) is 0.326. The second-order valence-corrected chi connectivity index (χ2v) is 15.2. The summed E-state index contributed by atoms with van der Waals surface area (Å²) in [6, 6.07) is 19.7. The van der Waals surface area contributed by atoms with Crippen molar-refractivity contribution in [3.8, 4) is 11.1 Å². The van der Waals surface area contributed by atoms with Crippen LogP contribution in [-0.2, 0) is 43.0 Å². The van der Waals surface area contributed by atoms with E-state index < -0.39 is 23.5 Å². The maximum atomic E-state index is 12.7. The molecule has 0 bridgehead atoms. The van der Waals surface area contributed by atoms with Crippen LogP contribution in [0.1, 0.15) is 89.8 Å². The molecule has 6 rings (SSSR count). The van der Waals surface area contributed by atoms with Gasteiger partial charge in [-0.2, -0.15) is 34.9 Å². The Morgan fingerprint density at radius 3 is 1.67 bits per heavy atom. The molecule has 0 saturated carbocycles. The van der Waals surface area contributed by atoms with Gasteiger partial charge in [-0.1, -0.05) is 77.0 Å². The molecule has 0 nitrogen and oxygen atoms in total. The number of rotatable bonds is 3. The van der Waals surface area contributed by atoms with Crippen molar-refractivity contribution in [2.75, 3.05) is 0 Å². The van der Waals surface area contributed by atoms with Crippen molar-refractivity contribution >= 4 is 28.0 Å². The number of halogens is 8. The summed E-state index contributed by atoms with van der Waals surface area (Å²) < 4.78 is 76.7. The van der Waals surface area contributed by atoms with Crippen LogP contribution in [0.5, 0.6) is 0 Å². The molecule has 0 saturated heterocycles. The minimum absolute atomic E-state index is 0. The first-order valence-corrected chi connectivity index (χ1v) is 17.8. The van der Waals surface area contributed by atoms with Crippen molar-refractivity contribution in [1.29, 1.82) is 0 Å². The molecule has 276 valence electrons. The summed E-state index contributed by atoms with van der Waals surface area (Å²) in [6.45, 7) is 17.6. The standard InChI is InChI=1S/C17H17.C15H8F6.C11H17.2ClH.Zr/c1-10-5-14-9-15-6-11(2)13(4)8-17(15)16(14)7-12(10)3;16-14(17,18)12-5-1-3-10(8-12)7-11-4-2-6-13(9-11)15(19,20)21;1-5-9-6-7-10(8-9)11(2,3)4;;;/h5,7-8H,9H2,1-4H3;1-6,8-9H;7-9H,5H2,1-4H3;2*1H;/q-1;;-1;;;+2. The molecule has 0 aromatic heterocycles. The first-order valence-electron chi connectivity index (χ1n) is 16.6. The molecular formula is C43H44Cl2F6Zr. The van der Waals surface area contributed by atoms with Gasteiger partial charge in [-0.05, 0) is 37.0 Å². The van der Waals surface area contributed by atoms with E-state index in [-0.39, 0.29) is 35.9 Å². The first kappa shape index (κ1) is 45.4. The summed E-state index contributed by atoms with van der Waals surface area (Å²) in [5, 5.41) is 0. The average molecular weight is 837 g/mol. The summed E-state index contributed by atoms with van der Waals surface area (Å²) in [5.41, 5.74) is 11.7. The second-order valence-electron chi connectivity index (χ2n) is 14.0. The van der Waals surface area contributed by atoms with Gasteiger partial charge in [-0.3, -0.25) is 6.08 Å². The molecule has 0 radical (unpaired) electrons. The maximum absolute atomic E-state index is 12.7. The zero-order chi connectivity index (χ0) is 37.2. The number of allylic oxidation sites excluding steroid dienone is 4. The molecule has 0 fully saturated rings. The van der Waals surface area contributed by atoms with Gasteiger partial charge < -0.3 is 0 Å². The Morgan fingerprint density at radius 2 is 1.23 bits per heavy atom. The second kappa shape index (κ2) is 18.1. The third-order valence-corrected chi connectivity index (χ3v) is 10.5. The Hall–Kier alpha value is -2.73. The van der Waals surface area contributed by atoms with Crippen molar-refractivity contribution in [2.45, 2.75) is 80.6 Å². The van der Waals surface area contributed by atoms with E-state index in [0.717, 1.165) is 54.9 Å². The third kappa shape index (κ3) is 11.4. The van der Waals surface area contributed by atoms with Crippen molar-refractivity contribution in [2.24, 2.45) is 11.3 Å². The Labute approximate surface area is 332 Å². The number of benzene rings is 4. The minimum atomic E-state index is -4.49. The molecule has 0 heterocycles. The predicted octanol–water partition coefficient (Wildman–Crippen LogP) is 13.3. The van der Waals surface area contributed by atoms with Crippen LogP contribution in [0.4, 0.5) is 26.3 Å². The topological polar surface area (TPSA) is 0 Å². The van der Waals surface area contributed by atoms with Crippen LogP contribution in [0.25, 0.3) is 11.1 Å². The fourth-order valence-corrected chi connectivity index (χ4v) is 6.49. The van der Waals surface area contributed by atoms with E-state index in [1.807, 2.05) is 0 Å². The van der Waals surface area contributed by atoms with E-state index in [1.54, 1.807) is 0 Å². The van der Waals surface area contributed by atoms with Crippen LogP contribution in [-0.4, -0.2) is 3.21 Å². The van der Waals surface area contributed by atoms with E-state index in [0.29, 0.717) is 14.5 Å². The quantitative estimate of drug-likeness (QED) is 0.125. The molecule has 0 amide bonds. The molecule has 0 aliphatic heterocycles. The molecule has 4 aromatic rings. The fourth-order valence-electron chi connectivity index (χ4n) is 5.73. The van der Waals surface area contributed by atoms with Crippen LogP contribution in [0.3, 0.4) is 0 Å². The SMILES string of the molecule is CCC1[C-]=CC(C(C)(C)C)=C1.Cc1[c-]c2c(cc1C)-c1cc(C)c(C)cc1C2.Cl.Cl.FC(F)(F)c1cccc([C](=[Zr+2])c2cccc(C(F)(F)F)c2)c1. The zero-order valence-electron chi connectivity index (χ0n) is 30.6. The van der Waals surface area contributed by atoms with Crippen LogP contribution in [0.15, 0.2) is 84.5 Å². The number of hydrogen-bond donors (Lipinski definition) is 0. The summed E-state index contributed by atoms with van der Waals surface area (Å²) in [6.07, 6.45) is 1.08. The molecule has 1 atom stereocenters. The van der Waals surface area contributed by atoms with E-state index in [9.17, 15) is 26.3 Å². The number of hydrogen-bond acceptors (Lipinski definition) is 0. The van der Waals surface area contributed by atoms with Crippen molar-refractivity contribution in [3.63, 3.8) is 0 Å². The summed E-state index contributed by atoms with van der Waals surface area (Å²) in [7, 11) is 0. The van der Waals surface area contributed by atoms with Crippen LogP contribution in [0, 0.1) is 51.2 Å². The van der Waals surface area contributed by atoms with Crippen LogP contribution in [0.2, 0.25) is 0 Å². The molecule has 0 N–H and O–H groups in total. The molecule has 9 heteroatoms. The third-order valence-electron chi connectivity index (χ3n) is 9.09. The molecule has 2 aliphatic carbocycles. The van der Waals surface area contributed by atoms with Gasteiger partial charge in [0.15, 0.2) is 0 Å². The zero-order valence-corrected chi connectivity index (χ0v) is 34.7. The molecular weight excluding hydrogens is 793 g/mol. The average Bonchev–Trinajstić information content (AvgIpc) is 3.66. The van der Waals surface area contributed by atoms with Gasteiger partial charge >= 0.3 is 137 Å². The van der Waals surface area contributed by atoms with Gasteiger partial charge in [0.1, 0.15) is 0 Å². The Balaban J connectivity index is 0.000000279. The molecule has 4 aromatic carbocycles. The molecule has 52 heavy (non-hydrogen) atoms. The van der Waals surface area contributed by atoms with Gasteiger partial charge in [-0.25, -0.2) is 6.08 Å². The Kier molecular flexibility index (Phi) is 15.8.